The van der Waals surface area contributed by atoms with E-state index in [1.807, 2.05) is 26.8 Å². The van der Waals surface area contributed by atoms with Crippen molar-refractivity contribution in [3.63, 3.8) is 0 Å². The van der Waals surface area contributed by atoms with Gasteiger partial charge in [0.25, 0.3) is 0 Å². The van der Waals surface area contributed by atoms with Crippen LogP contribution in [0.4, 0.5) is 4.39 Å². The molecular formula is C13H20FNO. The van der Waals surface area contributed by atoms with Gasteiger partial charge in [-0.2, -0.15) is 0 Å². The molecule has 1 rings (SSSR count). The summed E-state index contributed by atoms with van der Waals surface area (Å²) in [4.78, 5) is 0. The lowest BCUT2D eigenvalue weighted by atomic mass is 10.1. The number of ether oxygens (including phenoxy) is 1. The summed E-state index contributed by atoms with van der Waals surface area (Å²) in [7, 11) is 1.58. The van der Waals surface area contributed by atoms with Crippen LogP contribution in [0.1, 0.15) is 32.5 Å². The lowest BCUT2D eigenvalue weighted by molar-refractivity contribution is 0.290. The molecule has 0 aliphatic heterocycles. The minimum atomic E-state index is -1.01. The number of hydrogen-bond donors (Lipinski definition) is 1. The zero-order valence-corrected chi connectivity index (χ0v) is 10.4. The van der Waals surface area contributed by atoms with Crippen LogP contribution in [0.3, 0.4) is 0 Å². The molecule has 0 saturated heterocycles. The van der Waals surface area contributed by atoms with Crippen LogP contribution in [0.2, 0.25) is 0 Å². The summed E-state index contributed by atoms with van der Waals surface area (Å²) in [5, 5.41) is 3.14. The standard InChI is InChI=1S/C13H20FNO/c1-13(2,3)15-9-12(14)10-6-5-7-11(8-10)16-4/h5-8,12,15H,9H2,1-4H3. The van der Waals surface area contributed by atoms with Crippen molar-refractivity contribution in [3.05, 3.63) is 29.8 Å². The second-order valence-corrected chi connectivity index (χ2v) is 4.88. The minimum Gasteiger partial charge on any atom is -0.497 e. The van der Waals surface area contributed by atoms with Crippen molar-refractivity contribution in [3.8, 4) is 5.75 Å². The fraction of sp³-hybridized carbons (Fsp3) is 0.538. The van der Waals surface area contributed by atoms with E-state index in [0.717, 1.165) is 0 Å². The van der Waals surface area contributed by atoms with Crippen LogP contribution >= 0.6 is 0 Å². The van der Waals surface area contributed by atoms with E-state index < -0.39 is 6.17 Å². The third kappa shape index (κ3) is 4.19. The first kappa shape index (κ1) is 13.0. The maximum atomic E-state index is 13.9. The van der Waals surface area contributed by atoms with E-state index >= 15 is 0 Å². The van der Waals surface area contributed by atoms with Crippen molar-refractivity contribution in [2.24, 2.45) is 0 Å². The maximum Gasteiger partial charge on any atom is 0.138 e. The Bertz CT molecular complexity index is 333. The summed E-state index contributed by atoms with van der Waals surface area (Å²) in [5.41, 5.74) is 0.583. The SMILES string of the molecule is COc1cccc(C(F)CNC(C)(C)C)c1. The zero-order valence-electron chi connectivity index (χ0n) is 10.4. The van der Waals surface area contributed by atoms with Gasteiger partial charge in [0.1, 0.15) is 11.9 Å². The highest BCUT2D eigenvalue weighted by Gasteiger charge is 2.15. The van der Waals surface area contributed by atoms with Crippen molar-refractivity contribution >= 4 is 0 Å². The van der Waals surface area contributed by atoms with Gasteiger partial charge >= 0.3 is 0 Å². The molecule has 0 aliphatic carbocycles. The quantitative estimate of drug-likeness (QED) is 0.850. The number of benzene rings is 1. The fourth-order valence-electron chi connectivity index (χ4n) is 1.35. The van der Waals surface area contributed by atoms with Crippen LogP contribution in [-0.4, -0.2) is 19.2 Å². The third-order valence-electron chi connectivity index (χ3n) is 2.27. The number of nitrogens with one attached hydrogen (secondary N) is 1. The topological polar surface area (TPSA) is 21.3 Å². The van der Waals surface area contributed by atoms with E-state index in [9.17, 15) is 4.39 Å². The van der Waals surface area contributed by atoms with Crippen LogP contribution in [0.5, 0.6) is 5.75 Å². The normalized spacial score (nSPS) is 13.6. The van der Waals surface area contributed by atoms with Crippen LogP contribution in [0, 0.1) is 0 Å². The van der Waals surface area contributed by atoms with Gasteiger partial charge < -0.3 is 10.1 Å². The van der Waals surface area contributed by atoms with Crippen molar-refractivity contribution in [2.75, 3.05) is 13.7 Å². The maximum absolute atomic E-state index is 13.9. The van der Waals surface area contributed by atoms with Crippen LogP contribution in [0.15, 0.2) is 24.3 Å². The Morgan fingerprint density at radius 1 is 1.38 bits per heavy atom. The summed E-state index contributed by atoms with van der Waals surface area (Å²) in [6.45, 7) is 6.37. The molecular weight excluding hydrogens is 205 g/mol. The lowest BCUT2D eigenvalue weighted by Crippen LogP contribution is -2.37. The van der Waals surface area contributed by atoms with Crippen LogP contribution < -0.4 is 10.1 Å². The van der Waals surface area contributed by atoms with Crippen molar-refractivity contribution in [2.45, 2.75) is 32.5 Å². The molecule has 0 bridgehead atoms. The van der Waals surface area contributed by atoms with E-state index in [0.29, 0.717) is 17.9 Å². The van der Waals surface area contributed by atoms with E-state index in [1.165, 1.54) is 0 Å². The summed E-state index contributed by atoms with van der Waals surface area (Å²) < 4.78 is 18.9. The molecule has 1 atom stereocenters. The molecule has 90 valence electrons. The molecule has 0 fully saturated rings. The number of methoxy groups -OCH3 is 1. The summed E-state index contributed by atoms with van der Waals surface area (Å²) in [5.74, 6) is 0.691. The third-order valence-corrected chi connectivity index (χ3v) is 2.27. The van der Waals surface area contributed by atoms with Crippen molar-refractivity contribution in [1.29, 1.82) is 0 Å². The molecule has 1 aromatic carbocycles. The first-order valence-corrected chi connectivity index (χ1v) is 5.45. The number of halogens is 1. The van der Waals surface area contributed by atoms with E-state index in [1.54, 1.807) is 25.3 Å². The average Bonchev–Trinajstić information content (AvgIpc) is 2.25. The van der Waals surface area contributed by atoms with Crippen molar-refractivity contribution in [1.82, 2.24) is 5.32 Å². The molecule has 1 N–H and O–H groups in total. The van der Waals surface area contributed by atoms with E-state index in [2.05, 4.69) is 5.32 Å². The van der Waals surface area contributed by atoms with E-state index in [-0.39, 0.29) is 5.54 Å². The second-order valence-electron chi connectivity index (χ2n) is 4.88. The predicted molar refractivity (Wildman–Crippen MR) is 64.6 cm³/mol. The predicted octanol–water partition coefficient (Wildman–Crippen LogP) is 3.09. The van der Waals surface area contributed by atoms with Crippen molar-refractivity contribution < 1.29 is 9.13 Å². The van der Waals surface area contributed by atoms with Gasteiger partial charge in [-0.1, -0.05) is 12.1 Å². The van der Waals surface area contributed by atoms with E-state index in [4.69, 9.17) is 4.74 Å². The minimum absolute atomic E-state index is 0.0663. The number of hydrogen-bond acceptors (Lipinski definition) is 2. The lowest BCUT2D eigenvalue weighted by Gasteiger charge is -2.22. The van der Waals surface area contributed by atoms with Gasteiger partial charge in [0.2, 0.25) is 0 Å². The van der Waals surface area contributed by atoms with Crippen LogP contribution in [0.25, 0.3) is 0 Å². The molecule has 0 saturated carbocycles. The highest BCUT2D eigenvalue weighted by atomic mass is 19.1. The molecule has 0 spiro atoms. The van der Waals surface area contributed by atoms with Gasteiger partial charge in [-0.05, 0) is 38.5 Å². The smallest absolute Gasteiger partial charge is 0.138 e. The number of alkyl halides is 1. The monoisotopic (exact) mass is 225 g/mol. The van der Waals surface area contributed by atoms with Gasteiger partial charge in [0, 0.05) is 12.1 Å². The van der Waals surface area contributed by atoms with Gasteiger partial charge in [-0.3, -0.25) is 0 Å². The molecule has 0 heterocycles. The molecule has 2 nitrogen and oxygen atoms in total. The van der Waals surface area contributed by atoms with Crippen LogP contribution in [-0.2, 0) is 0 Å². The summed E-state index contributed by atoms with van der Waals surface area (Å²) in [6, 6.07) is 7.12. The molecule has 16 heavy (non-hydrogen) atoms. The Morgan fingerprint density at radius 3 is 2.62 bits per heavy atom. The molecule has 0 radical (unpaired) electrons. The number of rotatable bonds is 4. The largest absolute Gasteiger partial charge is 0.497 e. The Balaban J connectivity index is 2.62. The molecule has 1 unspecified atom stereocenters. The Labute approximate surface area is 96.8 Å². The van der Waals surface area contributed by atoms with Gasteiger partial charge in [-0.15, -0.1) is 0 Å². The summed E-state index contributed by atoms with van der Waals surface area (Å²) in [6.07, 6.45) is -1.01. The first-order valence-electron chi connectivity index (χ1n) is 5.45. The second kappa shape index (κ2) is 5.30. The molecule has 0 aromatic heterocycles. The molecule has 0 amide bonds. The first-order chi connectivity index (χ1) is 7.42. The highest BCUT2D eigenvalue weighted by Crippen LogP contribution is 2.21. The van der Waals surface area contributed by atoms with Gasteiger partial charge in [-0.25, -0.2) is 4.39 Å². The molecule has 3 heteroatoms. The highest BCUT2D eigenvalue weighted by molar-refractivity contribution is 5.30. The fourth-order valence-corrected chi connectivity index (χ4v) is 1.35. The molecule has 0 aliphatic rings. The Morgan fingerprint density at radius 2 is 2.06 bits per heavy atom. The Hall–Kier alpha value is -1.09. The summed E-state index contributed by atoms with van der Waals surface area (Å²) >= 11 is 0. The van der Waals surface area contributed by atoms with Gasteiger partial charge in [0.15, 0.2) is 0 Å². The molecule has 1 aromatic rings. The van der Waals surface area contributed by atoms with Gasteiger partial charge in [0.05, 0.1) is 7.11 Å². The zero-order chi connectivity index (χ0) is 12.2. The average molecular weight is 225 g/mol. The Kier molecular flexibility index (Phi) is 4.30.